The van der Waals surface area contributed by atoms with Gasteiger partial charge in [0.05, 0.1) is 12.1 Å². The number of rotatable bonds is 7. The van der Waals surface area contributed by atoms with E-state index in [0.717, 1.165) is 29.2 Å². The Morgan fingerprint density at radius 3 is 2.55 bits per heavy atom. The number of anilines is 1. The van der Waals surface area contributed by atoms with Gasteiger partial charge >= 0.3 is 0 Å². The fourth-order valence-corrected chi connectivity index (χ4v) is 2.34. The Hall–Kier alpha value is -0.770. The van der Waals surface area contributed by atoms with E-state index in [1.165, 1.54) is 0 Å². The molecule has 1 unspecified atom stereocenters. The van der Waals surface area contributed by atoms with Crippen molar-refractivity contribution in [3.05, 3.63) is 28.8 Å². The number of nitrogens with one attached hydrogen (secondary N) is 1. The molecular formula is C16H27ClN2O. The van der Waals surface area contributed by atoms with Gasteiger partial charge in [0.25, 0.3) is 0 Å². The highest BCUT2D eigenvalue weighted by Gasteiger charge is 2.23. The van der Waals surface area contributed by atoms with E-state index in [1.54, 1.807) is 0 Å². The van der Waals surface area contributed by atoms with Crippen molar-refractivity contribution in [2.24, 2.45) is 0 Å². The summed E-state index contributed by atoms with van der Waals surface area (Å²) in [6.07, 6.45) is 1.10. The summed E-state index contributed by atoms with van der Waals surface area (Å²) in [6, 6.07) is 6.34. The molecule has 0 heterocycles. The first-order valence-corrected chi connectivity index (χ1v) is 7.58. The van der Waals surface area contributed by atoms with Crippen molar-refractivity contribution >= 4 is 17.3 Å². The summed E-state index contributed by atoms with van der Waals surface area (Å²) in [7, 11) is 1.97. The summed E-state index contributed by atoms with van der Waals surface area (Å²) in [5.74, 6) is 0. The topological polar surface area (TPSA) is 35.5 Å². The van der Waals surface area contributed by atoms with Crippen molar-refractivity contribution in [1.82, 2.24) is 5.32 Å². The molecule has 0 amide bonds. The number of benzene rings is 1. The van der Waals surface area contributed by atoms with Gasteiger partial charge in [-0.1, -0.05) is 24.6 Å². The van der Waals surface area contributed by atoms with Crippen LogP contribution in [-0.4, -0.2) is 30.8 Å². The van der Waals surface area contributed by atoms with Crippen LogP contribution in [0.25, 0.3) is 0 Å². The highest BCUT2D eigenvalue weighted by molar-refractivity contribution is 6.31. The van der Waals surface area contributed by atoms with Gasteiger partial charge in [0.1, 0.15) is 0 Å². The van der Waals surface area contributed by atoms with Crippen LogP contribution in [-0.2, 0) is 0 Å². The lowest BCUT2D eigenvalue weighted by atomic mass is 10.0. The first-order chi connectivity index (χ1) is 9.33. The van der Waals surface area contributed by atoms with Crippen molar-refractivity contribution in [2.45, 2.75) is 45.7 Å². The number of nitrogens with zero attached hydrogens (tertiary/aromatic N) is 1. The molecule has 114 valence electrons. The fourth-order valence-electron chi connectivity index (χ4n) is 2.00. The maximum atomic E-state index is 9.45. The molecule has 0 spiro atoms. The molecule has 1 rings (SSSR count). The lowest BCUT2D eigenvalue weighted by molar-refractivity contribution is 0.216. The first-order valence-electron chi connectivity index (χ1n) is 7.21. The average molecular weight is 299 g/mol. The Labute approximate surface area is 127 Å². The third-order valence-corrected chi connectivity index (χ3v) is 4.16. The molecule has 0 aliphatic rings. The Kier molecular flexibility index (Phi) is 6.31. The number of likely N-dealkylation sites (N-methyl/N-ethyl adjacent to an activating group) is 1. The zero-order valence-electron chi connectivity index (χ0n) is 13.2. The van der Waals surface area contributed by atoms with Gasteiger partial charge in [-0.05, 0) is 51.4 Å². The Balaban J connectivity index is 2.93. The maximum Gasteiger partial charge on any atom is 0.0658 e. The van der Waals surface area contributed by atoms with Crippen LogP contribution in [0.1, 0.15) is 45.7 Å². The minimum atomic E-state index is -0.309. The molecule has 0 saturated heterocycles. The SMILES string of the molecule is CCCNC(C)c1ccc(N(C)C(C)(C)CO)cc1Cl. The van der Waals surface area contributed by atoms with Gasteiger partial charge in [0.15, 0.2) is 0 Å². The maximum absolute atomic E-state index is 9.45. The number of hydrogen-bond acceptors (Lipinski definition) is 3. The summed E-state index contributed by atoms with van der Waals surface area (Å²) < 4.78 is 0. The predicted molar refractivity (Wildman–Crippen MR) is 87.7 cm³/mol. The van der Waals surface area contributed by atoms with Crippen LogP contribution in [0.5, 0.6) is 0 Å². The van der Waals surface area contributed by atoms with Crippen LogP contribution in [0.3, 0.4) is 0 Å². The summed E-state index contributed by atoms with van der Waals surface area (Å²) in [6.45, 7) is 9.35. The molecule has 1 aromatic carbocycles. The first kappa shape index (κ1) is 17.3. The number of aliphatic hydroxyl groups is 1. The summed E-state index contributed by atoms with van der Waals surface area (Å²) in [4.78, 5) is 2.05. The van der Waals surface area contributed by atoms with Crippen LogP contribution in [0.4, 0.5) is 5.69 Å². The number of aliphatic hydroxyl groups excluding tert-OH is 1. The normalized spacial score (nSPS) is 13.3. The van der Waals surface area contributed by atoms with Gasteiger partial charge in [-0.15, -0.1) is 0 Å². The van der Waals surface area contributed by atoms with E-state index in [2.05, 4.69) is 31.3 Å². The number of halogens is 1. The summed E-state index contributed by atoms with van der Waals surface area (Å²) in [5, 5.41) is 13.7. The van der Waals surface area contributed by atoms with Gasteiger partial charge in [0, 0.05) is 23.8 Å². The van der Waals surface area contributed by atoms with E-state index in [9.17, 15) is 5.11 Å². The van der Waals surface area contributed by atoms with Crippen molar-refractivity contribution in [2.75, 3.05) is 25.1 Å². The molecule has 0 aromatic heterocycles. The molecule has 0 saturated carbocycles. The van der Waals surface area contributed by atoms with Gasteiger partial charge in [-0.3, -0.25) is 0 Å². The van der Waals surface area contributed by atoms with Crippen molar-refractivity contribution in [3.8, 4) is 0 Å². The van der Waals surface area contributed by atoms with E-state index in [-0.39, 0.29) is 18.2 Å². The standard InChI is InChI=1S/C16H27ClN2O/c1-6-9-18-12(2)14-8-7-13(10-15(14)17)19(5)16(3,4)11-20/h7-8,10,12,18,20H,6,9,11H2,1-5H3. The third-order valence-electron chi connectivity index (χ3n) is 3.83. The molecule has 0 aliphatic carbocycles. The summed E-state index contributed by atoms with van der Waals surface area (Å²) in [5.41, 5.74) is 1.82. The van der Waals surface area contributed by atoms with Crippen LogP contribution in [0.15, 0.2) is 18.2 Å². The second-order valence-corrected chi connectivity index (χ2v) is 6.32. The minimum absolute atomic E-state index is 0.0946. The van der Waals surface area contributed by atoms with E-state index in [4.69, 9.17) is 11.6 Å². The monoisotopic (exact) mass is 298 g/mol. The Morgan fingerprint density at radius 2 is 2.05 bits per heavy atom. The molecule has 20 heavy (non-hydrogen) atoms. The van der Waals surface area contributed by atoms with Gasteiger partial charge in [-0.25, -0.2) is 0 Å². The zero-order chi connectivity index (χ0) is 15.3. The second kappa shape index (κ2) is 7.30. The van der Waals surface area contributed by atoms with Gasteiger partial charge in [-0.2, -0.15) is 0 Å². The Morgan fingerprint density at radius 1 is 1.40 bits per heavy atom. The van der Waals surface area contributed by atoms with E-state index in [1.807, 2.05) is 31.9 Å². The van der Waals surface area contributed by atoms with Crippen LogP contribution in [0.2, 0.25) is 5.02 Å². The quantitative estimate of drug-likeness (QED) is 0.807. The van der Waals surface area contributed by atoms with E-state index >= 15 is 0 Å². The lowest BCUT2D eigenvalue weighted by Gasteiger charge is -2.36. The van der Waals surface area contributed by atoms with Crippen molar-refractivity contribution in [1.29, 1.82) is 0 Å². The molecular weight excluding hydrogens is 272 g/mol. The average Bonchev–Trinajstić information content (AvgIpc) is 2.43. The third kappa shape index (κ3) is 4.11. The van der Waals surface area contributed by atoms with Crippen molar-refractivity contribution in [3.63, 3.8) is 0 Å². The molecule has 1 atom stereocenters. The van der Waals surface area contributed by atoms with E-state index < -0.39 is 0 Å². The lowest BCUT2D eigenvalue weighted by Crippen LogP contribution is -2.44. The minimum Gasteiger partial charge on any atom is -0.394 e. The molecule has 0 bridgehead atoms. The van der Waals surface area contributed by atoms with Gasteiger partial charge < -0.3 is 15.3 Å². The highest BCUT2D eigenvalue weighted by Crippen LogP contribution is 2.30. The molecule has 2 N–H and O–H groups in total. The molecule has 0 aliphatic heterocycles. The van der Waals surface area contributed by atoms with Crippen LogP contribution < -0.4 is 10.2 Å². The molecule has 0 fully saturated rings. The number of hydrogen-bond donors (Lipinski definition) is 2. The molecule has 4 heteroatoms. The van der Waals surface area contributed by atoms with Gasteiger partial charge in [0.2, 0.25) is 0 Å². The largest absolute Gasteiger partial charge is 0.394 e. The Bertz CT molecular complexity index is 434. The molecule has 0 radical (unpaired) electrons. The molecule has 3 nitrogen and oxygen atoms in total. The van der Waals surface area contributed by atoms with Crippen LogP contribution >= 0.6 is 11.6 Å². The predicted octanol–water partition coefficient (Wildman–Crippen LogP) is 3.61. The second-order valence-electron chi connectivity index (χ2n) is 5.91. The highest BCUT2D eigenvalue weighted by atomic mass is 35.5. The fraction of sp³-hybridized carbons (Fsp3) is 0.625. The van der Waals surface area contributed by atoms with Crippen molar-refractivity contribution < 1.29 is 5.11 Å². The smallest absolute Gasteiger partial charge is 0.0658 e. The van der Waals surface area contributed by atoms with Crippen LogP contribution in [0, 0.1) is 0 Å². The molecule has 1 aromatic rings. The zero-order valence-corrected chi connectivity index (χ0v) is 14.0. The summed E-state index contributed by atoms with van der Waals surface area (Å²) >= 11 is 6.41. The van der Waals surface area contributed by atoms with E-state index in [0.29, 0.717) is 0 Å².